The van der Waals surface area contributed by atoms with Gasteiger partial charge in [0.15, 0.2) is 5.13 Å². The van der Waals surface area contributed by atoms with Gasteiger partial charge in [-0.2, -0.15) is 0 Å². The number of hydrogen-bond donors (Lipinski definition) is 1. The summed E-state index contributed by atoms with van der Waals surface area (Å²) in [5.74, 6) is 0.405. The molecule has 0 radical (unpaired) electrons. The number of anilines is 1. The van der Waals surface area contributed by atoms with Gasteiger partial charge in [0.25, 0.3) is 11.1 Å². The number of aromatic nitrogens is 1. The maximum absolute atomic E-state index is 11.5. The number of nitrogens with one attached hydrogen (secondary N) is 1. The number of aryl methyl sites for hydroxylation is 2. The third-order valence-corrected chi connectivity index (χ3v) is 5.86. The first-order valence-electron chi connectivity index (χ1n) is 8.05. The van der Waals surface area contributed by atoms with Gasteiger partial charge < -0.3 is 9.64 Å². The fourth-order valence-corrected chi connectivity index (χ4v) is 3.83. The summed E-state index contributed by atoms with van der Waals surface area (Å²) in [6.45, 7) is 5.36. The second-order valence-corrected chi connectivity index (χ2v) is 8.03. The summed E-state index contributed by atoms with van der Waals surface area (Å²) in [6.07, 6.45) is 1.69. The van der Waals surface area contributed by atoms with E-state index in [0.29, 0.717) is 11.5 Å². The first-order chi connectivity index (χ1) is 12.4. The van der Waals surface area contributed by atoms with Gasteiger partial charge in [-0.25, -0.2) is 4.98 Å². The number of thioether (sulfide) groups is 1. The van der Waals surface area contributed by atoms with Gasteiger partial charge in [0.05, 0.1) is 17.1 Å². The van der Waals surface area contributed by atoms with Crippen molar-refractivity contribution in [2.75, 3.05) is 25.1 Å². The predicted molar refractivity (Wildman–Crippen MR) is 106 cm³/mol. The number of carbonyl (C=O) groups excluding carboxylic acids is 2. The van der Waals surface area contributed by atoms with Gasteiger partial charge in [-0.1, -0.05) is 12.1 Å². The van der Waals surface area contributed by atoms with Gasteiger partial charge in [-0.05, 0) is 49.4 Å². The second-order valence-electron chi connectivity index (χ2n) is 5.83. The van der Waals surface area contributed by atoms with Gasteiger partial charge in [0, 0.05) is 11.9 Å². The highest BCUT2D eigenvalue weighted by Gasteiger charge is 2.24. The molecule has 0 atom stereocenters. The van der Waals surface area contributed by atoms with Crippen LogP contribution in [0.3, 0.4) is 0 Å². The Hall–Kier alpha value is -2.32. The molecule has 1 fully saturated rings. The summed E-state index contributed by atoms with van der Waals surface area (Å²) in [4.78, 5) is 31.0. The lowest BCUT2D eigenvalue weighted by Crippen LogP contribution is -2.23. The summed E-state index contributed by atoms with van der Waals surface area (Å²) in [7, 11) is 2.00. The topological polar surface area (TPSA) is 71.5 Å². The average molecular weight is 390 g/mol. The number of thiazole rings is 1. The van der Waals surface area contributed by atoms with E-state index in [1.807, 2.05) is 38.2 Å². The van der Waals surface area contributed by atoms with Crippen LogP contribution in [0.25, 0.3) is 6.08 Å². The van der Waals surface area contributed by atoms with Crippen LogP contribution in [0.15, 0.2) is 29.2 Å². The molecule has 1 aliphatic heterocycles. The van der Waals surface area contributed by atoms with E-state index < -0.39 is 0 Å². The Morgan fingerprint density at radius 3 is 2.54 bits per heavy atom. The minimum absolute atomic E-state index is 0.337. The lowest BCUT2D eigenvalue weighted by Gasteiger charge is -2.16. The summed E-state index contributed by atoms with van der Waals surface area (Å²) in [5.41, 5.74) is 1.91. The Labute approximate surface area is 160 Å². The van der Waals surface area contributed by atoms with Crippen LogP contribution < -0.4 is 15.0 Å². The molecule has 136 valence electrons. The van der Waals surface area contributed by atoms with Crippen molar-refractivity contribution in [3.8, 4) is 5.75 Å². The Bertz CT molecular complexity index is 840. The average Bonchev–Trinajstić information content (AvgIpc) is 3.10. The molecule has 1 aromatic heterocycles. The Morgan fingerprint density at radius 1 is 1.23 bits per heavy atom. The van der Waals surface area contributed by atoms with E-state index >= 15 is 0 Å². The van der Waals surface area contributed by atoms with Crippen molar-refractivity contribution in [2.24, 2.45) is 0 Å². The molecule has 2 heterocycles. The molecule has 0 saturated carbocycles. The minimum Gasteiger partial charge on any atom is -0.492 e. The standard InChI is InChI=1S/C18H19N3O3S2/c1-11-12(2)25-17(19-11)21(3)8-9-24-14-6-4-13(5-7-14)10-15-16(22)20-18(23)26-15/h4-7,10H,8-9H2,1-3H3,(H,20,22,23)/b15-10-. The van der Waals surface area contributed by atoms with Crippen molar-refractivity contribution < 1.29 is 14.3 Å². The molecule has 2 amide bonds. The summed E-state index contributed by atoms with van der Waals surface area (Å²) < 4.78 is 5.77. The van der Waals surface area contributed by atoms with E-state index in [0.717, 1.165) is 40.4 Å². The van der Waals surface area contributed by atoms with E-state index in [1.54, 1.807) is 17.4 Å². The molecule has 0 bridgehead atoms. The fourth-order valence-electron chi connectivity index (χ4n) is 2.25. The molecule has 3 rings (SSSR count). The van der Waals surface area contributed by atoms with E-state index in [4.69, 9.17) is 4.74 Å². The van der Waals surface area contributed by atoms with E-state index in [9.17, 15) is 9.59 Å². The molecule has 6 nitrogen and oxygen atoms in total. The maximum Gasteiger partial charge on any atom is 0.290 e. The van der Waals surface area contributed by atoms with Crippen LogP contribution in [0, 0.1) is 13.8 Å². The summed E-state index contributed by atoms with van der Waals surface area (Å²) >= 11 is 2.59. The fraction of sp³-hybridized carbons (Fsp3) is 0.278. The number of benzene rings is 1. The number of amides is 2. The van der Waals surface area contributed by atoms with Gasteiger partial charge in [-0.3, -0.25) is 14.9 Å². The summed E-state index contributed by atoms with van der Waals surface area (Å²) in [6, 6.07) is 7.42. The Balaban J connectivity index is 1.52. The van der Waals surface area contributed by atoms with Gasteiger partial charge in [-0.15, -0.1) is 11.3 Å². The van der Waals surface area contributed by atoms with Crippen LogP contribution in [0.1, 0.15) is 16.1 Å². The second kappa shape index (κ2) is 7.92. The molecule has 1 saturated heterocycles. The first kappa shape index (κ1) is 18.5. The van der Waals surface area contributed by atoms with Crippen molar-refractivity contribution in [3.63, 3.8) is 0 Å². The van der Waals surface area contributed by atoms with Crippen LogP contribution in [-0.2, 0) is 4.79 Å². The third-order valence-electron chi connectivity index (χ3n) is 3.86. The van der Waals surface area contributed by atoms with Crippen LogP contribution in [-0.4, -0.2) is 36.3 Å². The largest absolute Gasteiger partial charge is 0.492 e. The summed E-state index contributed by atoms with van der Waals surface area (Å²) in [5, 5.41) is 2.89. The molecule has 0 unspecified atom stereocenters. The monoisotopic (exact) mass is 389 g/mol. The highest BCUT2D eigenvalue weighted by molar-refractivity contribution is 8.18. The minimum atomic E-state index is -0.351. The number of ether oxygens (including phenoxy) is 1. The molecule has 0 aliphatic carbocycles. The van der Waals surface area contributed by atoms with E-state index in [1.165, 1.54) is 4.88 Å². The molecule has 1 aromatic carbocycles. The van der Waals surface area contributed by atoms with Crippen LogP contribution in [0.2, 0.25) is 0 Å². The number of rotatable bonds is 6. The zero-order valence-electron chi connectivity index (χ0n) is 14.7. The maximum atomic E-state index is 11.5. The molecule has 0 spiro atoms. The van der Waals surface area contributed by atoms with Crippen molar-refractivity contribution in [1.82, 2.24) is 10.3 Å². The van der Waals surface area contributed by atoms with Crippen LogP contribution in [0.5, 0.6) is 5.75 Å². The number of hydrogen-bond acceptors (Lipinski definition) is 7. The van der Waals surface area contributed by atoms with Crippen molar-refractivity contribution in [2.45, 2.75) is 13.8 Å². The zero-order chi connectivity index (χ0) is 18.7. The molecule has 1 N–H and O–H groups in total. The van der Waals surface area contributed by atoms with Gasteiger partial charge in [0.2, 0.25) is 0 Å². The number of carbonyl (C=O) groups is 2. The van der Waals surface area contributed by atoms with Crippen LogP contribution >= 0.6 is 23.1 Å². The van der Waals surface area contributed by atoms with Gasteiger partial charge in [0.1, 0.15) is 12.4 Å². The lowest BCUT2D eigenvalue weighted by molar-refractivity contribution is -0.115. The normalized spacial score (nSPS) is 15.4. The predicted octanol–water partition coefficient (Wildman–Crippen LogP) is 3.60. The van der Waals surface area contributed by atoms with E-state index in [-0.39, 0.29) is 11.1 Å². The van der Waals surface area contributed by atoms with Gasteiger partial charge >= 0.3 is 0 Å². The number of imide groups is 1. The quantitative estimate of drug-likeness (QED) is 0.761. The zero-order valence-corrected chi connectivity index (χ0v) is 16.4. The van der Waals surface area contributed by atoms with Crippen LogP contribution in [0.4, 0.5) is 9.93 Å². The third kappa shape index (κ3) is 4.44. The molecular formula is C18H19N3O3S2. The molecule has 2 aromatic rings. The van der Waals surface area contributed by atoms with Crippen molar-refractivity contribution in [3.05, 3.63) is 45.3 Å². The smallest absolute Gasteiger partial charge is 0.290 e. The first-order valence-corrected chi connectivity index (χ1v) is 9.68. The molecule has 1 aliphatic rings. The SMILES string of the molecule is Cc1nc(N(C)CCOc2ccc(/C=C3\SC(=O)NC3=O)cc2)sc1C. The lowest BCUT2D eigenvalue weighted by atomic mass is 10.2. The van der Waals surface area contributed by atoms with Crippen molar-refractivity contribution >= 4 is 45.5 Å². The molecular weight excluding hydrogens is 370 g/mol. The Kier molecular flexibility index (Phi) is 5.63. The van der Waals surface area contributed by atoms with Crippen molar-refractivity contribution in [1.29, 1.82) is 0 Å². The highest BCUT2D eigenvalue weighted by Crippen LogP contribution is 2.26. The Morgan fingerprint density at radius 2 is 1.96 bits per heavy atom. The number of nitrogens with zero attached hydrogens (tertiary/aromatic N) is 2. The highest BCUT2D eigenvalue weighted by atomic mass is 32.2. The number of likely N-dealkylation sites (N-methyl/N-ethyl adjacent to an activating group) is 1. The molecule has 8 heteroatoms. The molecule has 26 heavy (non-hydrogen) atoms. The van der Waals surface area contributed by atoms with E-state index in [2.05, 4.69) is 22.1 Å².